The lowest BCUT2D eigenvalue weighted by Crippen LogP contribution is -2.35. The number of halogens is 1. The van der Waals surface area contributed by atoms with Crippen molar-refractivity contribution in [3.63, 3.8) is 0 Å². The average molecular weight is 252 g/mol. The lowest BCUT2D eigenvalue weighted by Gasteiger charge is -2.20. The number of nitrogens with zero attached hydrogens (tertiary/aromatic N) is 1. The third-order valence-electron chi connectivity index (χ3n) is 1.74. The molecule has 0 aromatic rings. The Bertz CT molecular complexity index is 142. The number of rotatable bonds is 7. The highest BCUT2D eigenvalue weighted by Crippen LogP contribution is 1.98. The number of hydrogen-bond donors (Lipinski definition) is 0. The Hall–Kier alpha value is -0.0900. The van der Waals surface area contributed by atoms with Crippen LogP contribution in [0.25, 0.3) is 0 Å². The molecule has 13 heavy (non-hydrogen) atoms. The molecular weight excluding hydrogens is 234 g/mol. The number of amides is 1. The summed E-state index contributed by atoms with van der Waals surface area (Å²) in [7, 11) is 1.65. The molecular formula is C9H18BrNO2. The van der Waals surface area contributed by atoms with E-state index in [2.05, 4.69) is 15.9 Å². The molecule has 0 fully saturated rings. The Balaban J connectivity index is 3.83. The Morgan fingerprint density at radius 1 is 1.46 bits per heavy atom. The van der Waals surface area contributed by atoms with E-state index in [4.69, 9.17) is 4.74 Å². The van der Waals surface area contributed by atoms with Crippen molar-refractivity contribution in [2.45, 2.75) is 19.8 Å². The minimum Gasteiger partial charge on any atom is -0.383 e. The summed E-state index contributed by atoms with van der Waals surface area (Å²) in [6.07, 6.45) is 1.54. The van der Waals surface area contributed by atoms with Gasteiger partial charge in [-0.25, -0.2) is 0 Å². The highest BCUT2D eigenvalue weighted by molar-refractivity contribution is 9.09. The average Bonchev–Trinajstić information content (AvgIpc) is 2.12. The Morgan fingerprint density at radius 2 is 2.15 bits per heavy atom. The van der Waals surface area contributed by atoms with Crippen molar-refractivity contribution in [3.8, 4) is 0 Å². The molecule has 0 radical (unpaired) electrons. The van der Waals surface area contributed by atoms with Gasteiger partial charge in [0, 0.05) is 32.0 Å². The van der Waals surface area contributed by atoms with E-state index in [-0.39, 0.29) is 5.91 Å². The summed E-state index contributed by atoms with van der Waals surface area (Å²) in [6, 6.07) is 0. The van der Waals surface area contributed by atoms with Gasteiger partial charge in [-0.3, -0.25) is 4.79 Å². The van der Waals surface area contributed by atoms with Crippen molar-refractivity contribution >= 4 is 21.8 Å². The van der Waals surface area contributed by atoms with Crippen molar-refractivity contribution < 1.29 is 9.53 Å². The monoisotopic (exact) mass is 251 g/mol. The van der Waals surface area contributed by atoms with E-state index in [1.165, 1.54) is 0 Å². The van der Waals surface area contributed by atoms with Gasteiger partial charge in [-0.1, -0.05) is 22.9 Å². The first-order valence-corrected chi connectivity index (χ1v) is 5.71. The molecule has 78 valence electrons. The van der Waals surface area contributed by atoms with Crippen LogP contribution in [-0.2, 0) is 9.53 Å². The van der Waals surface area contributed by atoms with E-state index in [9.17, 15) is 4.79 Å². The summed E-state index contributed by atoms with van der Waals surface area (Å²) in [5.74, 6) is 0.221. The lowest BCUT2D eigenvalue weighted by atomic mass is 10.3. The maximum absolute atomic E-state index is 11.5. The van der Waals surface area contributed by atoms with Gasteiger partial charge < -0.3 is 9.64 Å². The Labute approximate surface area is 88.6 Å². The van der Waals surface area contributed by atoms with Crippen molar-refractivity contribution in [1.29, 1.82) is 0 Å². The summed E-state index contributed by atoms with van der Waals surface area (Å²) < 4.78 is 4.94. The van der Waals surface area contributed by atoms with Crippen molar-refractivity contribution in [3.05, 3.63) is 0 Å². The zero-order chi connectivity index (χ0) is 10.1. The molecule has 0 unspecified atom stereocenters. The zero-order valence-corrected chi connectivity index (χ0v) is 9.97. The van der Waals surface area contributed by atoms with E-state index in [1.54, 1.807) is 7.11 Å². The number of methoxy groups -OCH3 is 1. The molecule has 0 heterocycles. The third-order valence-corrected chi connectivity index (χ3v) is 2.09. The predicted octanol–water partition coefficient (Wildman–Crippen LogP) is 1.66. The Kier molecular flexibility index (Phi) is 8.45. The number of ether oxygens (including phenoxy) is 1. The topological polar surface area (TPSA) is 29.5 Å². The molecule has 0 aromatic carbocycles. The van der Waals surface area contributed by atoms with Gasteiger partial charge in [-0.15, -0.1) is 0 Å². The van der Waals surface area contributed by atoms with Gasteiger partial charge in [0.25, 0.3) is 0 Å². The van der Waals surface area contributed by atoms with Crippen LogP contribution in [0.5, 0.6) is 0 Å². The van der Waals surface area contributed by atoms with Gasteiger partial charge in [0.2, 0.25) is 5.91 Å². The van der Waals surface area contributed by atoms with Crippen molar-refractivity contribution in [2.24, 2.45) is 0 Å². The maximum Gasteiger partial charge on any atom is 0.222 e. The van der Waals surface area contributed by atoms with Crippen molar-refractivity contribution in [1.82, 2.24) is 4.90 Å². The van der Waals surface area contributed by atoms with Crippen LogP contribution in [0, 0.1) is 0 Å². The first-order chi connectivity index (χ1) is 6.26. The molecule has 0 rings (SSSR count). The molecule has 0 aliphatic carbocycles. The molecule has 0 saturated carbocycles. The minimum atomic E-state index is 0.221. The van der Waals surface area contributed by atoms with Gasteiger partial charge in [-0.2, -0.15) is 0 Å². The summed E-state index contributed by atoms with van der Waals surface area (Å²) >= 11 is 3.33. The summed E-state index contributed by atoms with van der Waals surface area (Å²) in [5, 5.41) is 0.826. The van der Waals surface area contributed by atoms with E-state index in [0.29, 0.717) is 19.6 Å². The zero-order valence-electron chi connectivity index (χ0n) is 8.38. The van der Waals surface area contributed by atoms with E-state index in [1.807, 2.05) is 11.8 Å². The summed E-state index contributed by atoms with van der Waals surface area (Å²) in [4.78, 5) is 13.3. The highest BCUT2D eigenvalue weighted by Gasteiger charge is 2.10. The standard InChI is InChI=1S/C9H18BrNO2/c1-3-4-9(12)11(6-5-10)7-8-13-2/h3-8H2,1-2H3. The Morgan fingerprint density at radius 3 is 2.62 bits per heavy atom. The van der Waals surface area contributed by atoms with Crippen LogP contribution in [-0.4, -0.2) is 42.9 Å². The van der Waals surface area contributed by atoms with E-state index >= 15 is 0 Å². The molecule has 4 heteroatoms. The van der Waals surface area contributed by atoms with Gasteiger partial charge in [0.1, 0.15) is 0 Å². The third kappa shape index (κ3) is 6.05. The number of carbonyl (C=O) groups excluding carboxylic acids is 1. The highest BCUT2D eigenvalue weighted by atomic mass is 79.9. The normalized spacial score (nSPS) is 10.1. The molecule has 0 aromatic heterocycles. The largest absolute Gasteiger partial charge is 0.383 e. The molecule has 0 atom stereocenters. The van der Waals surface area contributed by atoms with Gasteiger partial charge >= 0.3 is 0 Å². The van der Waals surface area contributed by atoms with Crippen molar-refractivity contribution in [2.75, 3.05) is 32.1 Å². The van der Waals surface area contributed by atoms with E-state index in [0.717, 1.165) is 18.3 Å². The quantitative estimate of drug-likeness (QED) is 0.645. The molecule has 0 spiro atoms. The van der Waals surface area contributed by atoms with Crippen LogP contribution < -0.4 is 0 Å². The van der Waals surface area contributed by atoms with Crippen LogP contribution in [0.3, 0.4) is 0 Å². The first-order valence-electron chi connectivity index (χ1n) is 4.59. The molecule has 0 bridgehead atoms. The van der Waals surface area contributed by atoms with Crippen LogP contribution in [0.15, 0.2) is 0 Å². The fraction of sp³-hybridized carbons (Fsp3) is 0.889. The molecule has 0 aliphatic heterocycles. The molecule has 0 N–H and O–H groups in total. The molecule has 1 amide bonds. The molecule has 3 nitrogen and oxygen atoms in total. The number of alkyl halides is 1. The van der Waals surface area contributed by atoms with Gasteiger partial charge in [0.05, 0.1) is 6.61 Å². The maximum atomic E-state index is 11.5. The summed E-state index contributed by atoms with van der Waals surface area (Å²) in [6.45, 7) is 4.09. The van der Waals surface area contributed by atoms with E-state index < -0.39 is 0 Å². The second-order valence-corrected chi connectivity index (χ2v) is 3.61. The number of carbonyl (C=O) groups is 1. The van der Waals surface area contributed by atoms with Crippen LogP contribution in [0.1, 0.15) is 19.8 Å². The first kappa shape index (κ1) is 12.9. The fourth-order valence-corrected chi connectivity index (χ4v) is 1.46. The van der Waals surface area contributed by atoms with Gasteiger partial charge in [0.15, 0.2) is 0 Å². The summed E-state index contributed by atoms with van der Waals surface area (Å²) in [5.41, 5.74) is 0. The second kappa shape index (κ2) is 8.51. The smallest absolute Gasteiger partial charge is 0.222 e. The number of hydrogen-bond acceptors (Lipinski definition) is 2. The van der Waals surface area contributed by atoms with Crippen LogP contribution in [0.4, 0.5) is 0 Å². The SMILES string of the molecule is CCCC(=O)N(CCBr)CCOC. The lowest BCUT2D eigenvalue weighted by molar-refractivity contribution is -0.131. The minimum absolute atomic E-state index is 0.221. The molecule has 0 saturated heterocycles. The second-order valence-electron chi connectivity index (χ2n) is 2.81. The predicted molar refractivity (Wildman–Crippen MR) is 57.2 cm³/mol. The van der Waals surface area contributed by atoms with Crippen LogP contribution in [0.2, 0.25) is 0 Å². The van der Waals surface area contributed by atoms with Crippen LogP contribution >= 0.6 is 15.9 Å². The van der Waals surface area contributed by atoms with Gasteiger partial charge in [-0.05, 0) is 6.42 Å². The fourth-order valence-electron chi connectivity index (χ4n) is 1.04. The molecule has 0 aliphatic rings.